The van der Waals surface area contributed by atoms with Crippen molar-refractivity contribution in [1.82, 2.24) is 40.1 Å². The number of carbonyl (C=O) groups excluding carboxylic acids is 7. The number of aliphatic imine (C=N–C) groups is 1. The molecule has 2 N–H and O–H groups in total. The number of ketones is 2. The summed E-state index contributed by atoms with van der Waals surface area (Å²) in [5.41, 5.74) is 3.33. The largest absolute Gasteiger partial charge is 0.483 e. The Balaban J connectivity index is 0.782. The molecule has 0 radical (unpaired) electrons. The van der Waals surface area contributed by atoms with E-state index in [0.29, 0.717) is 46.6 Å². The van der Waals surface area contributed by atoms with Crippen LogP contribution in [0, 0.1) is 13.8 Å². The van der Waals surface area contributed by atoms with Crippen molar-refractivity contribution in [3.05, 3.63) is 91.8 Å². The predicted molar refractivity (Wildman–Crippen MR) is 269 cm³/mol. The van der Waals surface area contributed by atoms with Gasteiger partial charge in [0.1, 0.15) is 34.4 Å². The highest BCUT2D eigenvalue weighted by Gasteiger charge is 2.46. The number of benzene rings is 2. The molecule has 71 heavy (non-hydrogen) atoms. The number of piperidine rings is 1. The van der Waals surface area contributed by atoms with Crippen molar-refractivity contribution < 1.29 is 38.3 Å². The molecule has 4 aliphatic rings. The van der Waals surface area contributed by atoms with Crippen LogP contribution in [0.2, 0.25) is 5.02 Å². The number of rotatable bonds is 23. The molecule has 2 aromatic carbocycles. The van der Waals surface area contributed by atoms with E-state index in [1.807, 2.05) is 42.7 Å². The quantitative estimate of drug-likeness (QED) is 0.0449. The average molecular weight is 1010 g/mol. The van der Waals surface area contributed by atoms with Crippen LogP contribution in [0.4, 0.5) is 0 Å². The number of aromatic nitrogens is 3. The first-order chi connectivity index (χ1) is 34.3. The van der Waals surface area contributed by atoms with Gasteiger partial charge in [-0.1, -0.05) is 61.9 Å². The third-order valence-corrected chi connectivity index (χ3v) is 15.3. The summed E-state index contributed by atoms with van der Waals surface area (Å²) in [5, 5.41) is 15.5. The maximum atomic E-state index is 14.0. The maximum absolute atomic E-state index is 14.0. The van der Waals surface area contributed by atoms with Crippen LogP contribution in [0.1, 0.15) is 155 Å². The van der Waals surface area contributed by atoms with Crippen LogP contribution in [0.5, 0.6) is 5.75 Å². The molecule has 2 fully saturated rings. The van der Waals surface area contributed by atoms with Gasteiger partial charge in [-0.25, -0.2) is 0 Å². The van der Waals surface area contributed by atoms with E-state index in [1.165, 1.54) is 23.5 Å². The van der Waals surface area contributed by atoms with E-state index in [0.717, 1.165) is 117 Å². The standard InChI is InChI=1S/C52H62ClN9O8S/c1-32-44-46(34-18-20-35(53)21-19-34)55-38(30-36(63)14-10-12-25-60-28-26-59(3)27-29-60)48-58-57-33(2)61(48)52(44)71-47(32)40(64)16-9-7-5-4-6-8-11-24-54-43(66)31-70-41-17-13-15-37-45(41)51(69)62(50(37)68)39-22-23-42(65)56-49(39)67/h13,15,17-21,38-39H,4-12,14,16,22-31H2,1-3H3,(H,54,66)(H,56,65,67)/t38-,39?/m0/s1. The zero-order valence-corrected chi connectivity index (χ0v) is 42.3. The number of halogens is 1. The number of aryl methyl sites for hydroxylation is 1. The van der Waals surface area contributed by atoms with E-state index >= 15 is 0 Å². The lowest BCUT2D eigenvalue weighted by molar-refractivity contribution is -0.136. The number of likely N-dealkylation sites (N-methyl/N-ethyl adjacent to an activating group) is 1. The highest BCUT2D eigenvalue weighted by atomic mass is 35.5. The van der Waals surface area contributed by atoms with Gasteiger partial charge < -0.3 is 19.9 Å². The summed E-state index contributed by atoms with van der Waals surface area (Å²) in [6.07, 6.45) is 9.24. The van der Waals surface area contributed by atoms with Crippen molar-refractivity contribution in [1.29, 1.82) is 0 Å². The second-order valence-electron chi connectivity index (χ2n) is 18.9. The van der Waals surface area contributed by atoms with Gasteiger partial charge in [0.25, 0.3) is 17.7 Å². The molecule has 19 heteroatoms. The molecule has 0 bridgehead atoms. The summed E-state index contributed by atoms with van der Waals surface area (Å²) in [4.78, 5) is 102. The third kappa shape index (κ3) is 12.1. The molecule has 376 valence electrons. The van der Waals surface area contributed by atoms with Crippen molar-refractivity contribution >= 4 is 69.8 Å². The smallest absolute Gasteiger partial charge is 0.266 e. The Morgan fingerprint density at radius 1 is 0.845 bits per heavy atom. The van der Waals surface area contributed by atoms with Crippen molar-refractivity contribution in [2.24, 2.45) is 4.99 Å². The first kappa shape index (κ1) is 51.4. The summed E-state index contributed by atoms with van der Waals surface area (Å²) >= 11 is 7.78. The van der Waals surface area contributed by atoms with E-state index in [-0.39, 0.29) is 60.2 Å². The Hall–Kier alpha value is -5.95. The van der Waals surface area contributed by atoms with E-state index < -0.39 is 35.7 Å². The Morgan fingerprint density at radius 3 is 2.31 bits per heavy atom. The van der Waals surface area contributed by atoms with Gasteiger partial charge in [0.2, 0.25) is 11.8 Å². The number of nitrogens with zero attached hydrogens (tertiary/aromatic N) is 7. The Morgan fingerprint density at radius 2 is 1.56 bits per heavy atom. The number of amides is 5. The zero-order valence-electron chi connectivity index (χ0n) is 40.7. The third-order valence-electron chi connectivity index (χ3n) is 13.8. The van der Waals surface area contributed by atoms with Crippen LogP contribution in [-0.2, 0) is 19.2 Å². The second-order valence-corrected chi connectivity index (χ2v) is 20.4. The van der Waals surface area contributed by atoms with Crippen molar-refractivity contribution in [3.8, 4) is 10.8 Å². The lowest BCUT2D eigenvalue weighted by atomic mass is 9.97. The van der Waals surface area contributed by atoms with Gasteiger partial charge in [0.15, 0.2) is 18.2 Å². The molecule has 8 rings (SSSR count). The van der Waals surface area contributed by atoms with Gasteiger partial charge in [-0.3, -0.25) is 53.3 Å². The SMILES string of the molecule is Cc1c(C(=O)CCCCCCCCCNC(=O)COc2cccc3c2C(=O)N(C2CCC(=O)NC2=O)C3=O)sc2c1C(c1ccc(Cl)cc1)=N[C@@H](CC(=O)CCCCN1CCN(C)CC1)c1nnc(C)n1-2. The number of nitrogens with one attached hydrogen (secondary N) is 2. The number of carbonyl (C=O) groups is 7. The number of thiophene rings is 1. The molecule has 2 atom stereocenters. The monoisotopic (exact) mass is 1010 g/mol. The summed E-state index contributed by atoms with van der Waals surface area (Å²) in [7, 11) is 2.15. The highest BCUT2D eigenvalue weighted by Crippen LogP contribution is 2.41. The zero-order chi connectivity index (χ0) is 50.2. The highest BCUT2D eigenvalue weighted by molar-refractivity contribution is 7.17. The van der Waals surface area contributed by atoms with Gasteiger partial charge in [0.05, 0.1) is 21.7 Å². The van der Waals surface area contributed by atoms with Gasteiger partial charge in [0, 0.05) is 74.6 Å². The minimum atomic E-state index is -1.10. The van der Waals surface area contributed by atoms with E-state index in [2.05, 4.69) is 37.7 Å². The van der Waals surface area contributed by atoms with Crippen LogP contribution in [0.15, 0.2) is 47.5 Å². The summed E-state index contributed by atoms with van der Waals surface area (Å²) in [6, 6.07) is 10.4. The van der Waals surface area contributed by atoms with Crippen LogP contribution >= 0.6 is 22.9 Å². The maximum Gasteiger partial charge on any atom is 0.266 e. The lowest BCUT2D eigenvalue weighted by Gasteiger charge is -2.32. The van der Waals surface area contributed by atoms with Crippen LogP contribution in [-0.4, -0.2) is 135 Å². The van der Waals surface area contributed by atoms with Gasteiger partial charge in [-0.05, 0) is 89.4 Å². The Kier molecular flexibility index (Phi) is 17.0. The molecular formula is C52H62ClN9O8S. The fourth-order valence-corrected chi connectivity index (χ4v) is 11.2. The van der Waals surface area contributed by atoms with Crippen molar-refractivity contribution in [2.75, 3.05) is 52.9 Å². The fraction of sp³-hybridized carbons (Fsp3) is 0.500. The first-order valence-electron chi connectivity index (χ1n) is 24.9. The number of Topliss-reactive ketones (excluding diaryl/α,β-unsaturated/α-hetero) is 2. The molecule has 5 amide bonds. The molecule has 6 heterocycles. The van der Waals surface area contributed by atoms with Gasteiger partial charge in [-0.15, -0.1) is 21.5 Å². The topological polar surface area (TPSA) is 206 Å². The van der Waals surface area contributed by atoms with E-state index in [4.69, 9.17) is 21.3 Å². The molecule has 2 saturated heterocycles. The minimum Gasteiger partial charge on any atom is -0.483 e. The van der Waals surface area contributed by atoms with E-state index in [9.17, 15) is 33.6 Å². The Bertz CT molecular complexity index is 2710. The molecule has 17 nitrogen and oxygen atoms in total. The predicted octanol–water partition coefficient (Wildman–Crippen LogP) is 6.77. The fourth-order valence-electron chi connectivity index (χ4n) is 9.77. The van der Waals surface area contributed by atoms with Gasteiger partial charge >= 0.3 is 0 Å². The summed E-state index contributed by atoms with van der Waals surface area (Å²) in [6.45, 7) is 9.24. The summed E-state index contributed by atoms with van der Waals surface area (Å²) in [5.74, 6) is -1.32. The summed E-state index contributed by atoms with van der Waals surface area (Å²) < 4.78 is 7.68. The molecule has 0 saturated carbocycles. The van der Waals surface area contributed by atoms with Gasteiger partial charge in [-0.2, -0.15) is 0 Å². The Labute approximate surface area is 422 Å². The second kappa shape index (κ2) is 23.5. The normalized spacial score (nSPS) is 18.1. The first-order valence-corrected chi connectivity index (χ1v) is 26.1. The number of fused-ring (bicyclic) bond motifs is 4. The van der Waals surface area contributed by atoms with Crippen molar-refractivity contribution in [2.45, 2.75) is 116 Å². The number of hydrogen-bond donors (Lipinski definition) is 2. The number of ether oxygens (including phenoxy) is 1. The molecule has 2 aromatic heterocycles. The number of unbranched alkanes of at least 4 members (excludes halogenated alkanes) is 7. The number of piperazine rings is 1. The van der Waals surface area contributed by atoms with Crippen molar-refractivity contribution in [3.63, 3.8) is 0 Å². The molecule has 1 unspecified atom stereocenters. The van der Waals surface area contributed by atoms with Crippen LogP contribution in [0.3, 0.4) is 0 Å². The lowest BCUT2D eigenvalue weighted by Crippen LogP contribution is -2.54. The molecule has 0 spiro atoms. The molecule has 0 aliphatic carbocycles. The average Bonchev–Trinajstić information content (AvgIpc) is 3.95. The molecule has 4 aromatic rings. The molecule has 4 aliphatic heterocycles. The minimum absolute atomic E-state index is 0.00683. The van der Waals surface area contributed by atoms with Crippen LogP contribution in [0.25, 0.3) is 5.00 Å². The number of imide groups is 2. The van der Waals surface area contributed by atoms with Crippen LogP contribution < -0.4 is 15.4 Å². The number of hydrogen-bond acceptors (Lipinski definition) is 14. The molecular weight excluding hydrogens is 946 g/mol. The van der Waals surface area contributed by atoms with E-state index in [1.54, 1.807) is 6.07 Å².